The third-order valence-corrected chi connectivity index (χ3v) is 9.13. The molecule has 0 spiro atoms. The van der Waals surface area contributed by atoms with E-state index in [1.165, 1.54) is 141 Å². The average molecular weight is 476 g/mol. The van der Waals surface area contributed by atoms with Crippen molar-refractivity contribution < 1.29 is 4.79 Å². The second-order valence-electron chi connectivity index (χ2n) is 12.2. The molecule has 2 saturated carbocycles. The zero-order valence-corrected chi connectivity index (χ0v) is 23.6. The predicted molar refractivity (Wildman–Crippen MR) is 149 cm³/mol. The fraction of sp³-hybridized carbons (Fsp3) is 0.969. The first-order chi connectivity index (χ1) is 16.6. The third-order valence-electron chi connectivity index (χ3n) is 9.13. The van der Waals surface area contributed by atoms with Crippen LogP contribution in [0.2, 0.25) is 0 Å². The lowest BCUT2D eigenvalue weighted by Crippen LogP contribution is -2.53. The molecule has 1 amide bonds. The number of unbranched alkanes of at least 4 members (excludes halogenated alkanes) is 14. The minimum absolute atomic E-state index is 0.493. The molecule has 2 heteroatoms. The van der Waals surface area contributed by atoms with Crippen molar-refractivity contribution in [1.82, 2.24) is 4.90 Å². The summed E-state index contributed by atoms with van der Waals surface area (Å²) in [5, 5.41) is 0. The first-order valence-corrected chi connectivity index (χ1v) is 16.0. The Morgan fingerprint density at radius 2 is 0.912 bits per heavy atom. The standard InChI is InChI=1S/C32H61NO/c1-4-5-6-7-8-9-10-11-12-13-14-15-16-17-18-27-32(34)33(30-25-21-19-23-28(30)2)31-26-22-20-24-29(31)3/h28-31H,4-27H2,1-3H3. The zero-order valence-electron chi connectivity index (χ0n) is 23.6. The zero-order chi connectivity index (χ0) is 24.4. The quantitative estimate of drug-likeness (QED) is 0.180. The van der Waals surface area contributed by atoms with E-state index in [4.69, 9.17) is 0 Å². The van der Waals surface area contributed by atoms with Crippen molar-refractivity contribution >= 4 is 5.91 Å². The van der Waals surface area contributed by atoms with Crippen LogP contribution >= 0.6 is 0 Å². The predicted octanol–water partition coefficient (Wildman–Crippen LogP) is 10.2. The largest absolute Gasteiger partial charge is 0.336 e. The van der Waals surface area contributed by atoms with Crippen LogP contribution in [0.4, 0.5) is 0 Å². The smallest absolute Gasteiger partial charge is 0.223 e. The summed E-state index contributed by atoms with van der Waals surface area (Å²) in [6.45, 7) is 7.11. The van der Waals surface area contributed by atoms with E-state index >= 15 is 0 Å². The van der Waals surface area contributed by atoms with E-state index in [0.717, 1.165) is 12.8 Å². The van der Waals surface area contributed by atoms with Gasteiger partial charge in [0.25, 0.3) is 0 Å². The molecule has 0 bridgehead atoms. The summed E-state index contributed by atoms with van der Waals surface area (Å²) in [7, 11) is 0. The first-order valence-electron chi connectivity index (χ1n) is 16.0. The van der Waals surface area contributed by atoms with Crippen LogP contribution in [0.15, 0.2) is 0 Å². The second-order valence-corrected chi connectivity index (χ2v) is 12.2. The molecular weight excluding hydrogens is 414 g/mol. The fourth-order valence-electron chi connectivity index (χ4n) is 6.81. The maximum Gasteiger partial charge on any atom is 0.223 e. The van der Waals surface area contributed by atoms with Gasteiger partial charge in [-0.05, 0) is 43.9 Å². The maximum atomic E-state index is 13.5. The average Bonchev–Trinajstić information content (AvgIpc) is 2.84. The van der Waals surface area contributed by atoms with Gasteiger partial charge in [0.2, 0.25) is 5.91 Å². The SMILES string of the molecule is CCCCCCCCCCCCCCCCCC(=O)N(C1CCCCC1C)C1CCCCC1C. The van der Waals surface area contributed by atoms with Gasteiger partial charge in [0, 0.05) is 18.5 Å². The van der Waals surface area contributed by atoms with Crippen molar-refractivity contribution in [2.24, 2.45) is 11.8 Å². The molecule has 0 aromatic rings. The van der Waals surface area contributed by atoms with Crippen molar-refractivity contribution in [2.45, 2.75) is 187 Å². The summed E-state index contributed by atoms with van der Waals surface area (Å²) in [5.41, 5.74) is 0. The lowest BCUT2D eigenvalue weighted by Gasteiger charge is -2.47. The van der Waals surface area contributed by atoms with Gasteiger partial charge in [-0.25, -0.2) is 0 Å². The summed E-state index contributed by atoms with van der Waals surface area (Å²) in [6, 6.07) is 1.03. The second kappa shape index (κ2) is 18.7. The lowest BCUT2D eigenvalue weighted by molar-refractivity contribution is -0.141. The van der Waals surface area contributed by atoms with Crippen LogP contribution < -0.4 is 0 Å². The van der Waals surface area contributed by atoms with E-state index in [0.29, 0.717) is 29.8 Å². The number of nitrogens with zero attached hydrogens (tertiary/aromatic N) is 1. The third kappa shape index (κ3) is 11.5. The molecule has 2 aliphatic carbocycles. The van der Waals surface area contributed by atoms with Crippen LogP contribution in [-0.4, -0.2) is 22.9 Å². The highest BCUT2D eigenvalue weighted by atomic mass is 16.2. The molecule has 34 heavy (non-hydrogen) atoms. The minimum atomic E-state index is 0.493. The summed E-state index contributed by atoms with van der Waals surface area (Å²) in [5.74, 6) is 1.87. The summed E-state index contributed by atoms with van der Waals surface area (Å²) < 4.78 is 0. The van der Waals surface area contributed by atoms with Crippen molar-refractivity contribution in [1.29, 1.82) is 0 Å². The van der Waals surface area contributed by atoms with Gasteiger partial charge in [-0.2, -0.15) is 0 Å². The number of hydrogen-bond acceptors (Lipinski definition) is 1. The molecule has 200 valence electrons. The molecule has 4 atom stereocenters. The van der Waals surface area contributed by atoms with Crippen LogP contribution in [-0.2, 0) is 4.79 Å². The highest BCUT2D eigenvalue weighted by molar-refractivity contribution is 5.77. The molecule has 0 aromatic heterocycles. The van der Waals surface area contributed by atoms with E-state index in [1.807, 2.05) is 0 Å². The van der Waals surface area contributed by atoms with E-state index in [2.05, 4.69) is 25.7 Å². The number of carbonyl (C=O) groups is 1. The van der Waals surface area contributed by atoms with E-state index in [-0.39, 0.29) is 0 Å². The monoisotopic (exact) mass is 475 g/mol. The van der Waals surface area contributed by atoms with Gasteiger partial charge >= 0.3 is 0 Å². The number of carbonyl (C=O) groups excluding carboxylic acids is 1. The molecule has 2 rings (SSSR count). The highest BCUT2D eigenvalue weighted by Crippen LogP contribution is 2.36. The van der Waals surface area contributed by atoms with Gasteiger partial charge in [0.1, 0.15) is 0 Å². The molecule has 4 unspecified atom stereocenters. The molecule has 0 radical (unpaired) electrons. The van der Waals surface area contributed by atoms with Crippen molar-refractivity contribution in [3.63, 3.8) is 0 Å². The van der Waals surface area contributed by atoms with Crippen molar-refractivity contribution in [2.75, 3.05) is 0 Å². The Bertz CT molecular complexity index is 481. The van der Waals surface area contributed by atoms with Crippen LogP contribution in [0.1, 0.15) is 175 Å². The Morgan fingerprint density at radius 3 is 1.29 bits per heavy atom. The molecule has 0 N–H and O–H groups in total. The molecule has 0 saturated heterocycles. The molecule has 0 aliphatic heterocycles. The highest BCUT2D eigenvalue weighted by Gasteiger charge is 2.37. The fourth-order valence-corrected chi connectivity index (χ4v) is 6.81. The van der Waals surface area contributed by atoms with Crippen molar-refractivity contribution in [3.05, 3.63) is 0 Å². The molecule has 0 aromatic carbocycles. The number of rotatable bonds is 18. The first kappa shape index (κ1) is 29.7. The van der Waals surface area contributed by atoms with E-state index in [9.17, 15) is 4.79 Å². The van der Waals surface area contributed by atoms with Gasteiger partial charge in [-0.1, -0.05) is 136 Å². The molecular formula is C32H61NO. The number of hydrogen-bond donors (Lipinski definition) is 0. The van der Waals surface area contributed by atoms with Crippen LogP contribution in [0.3, 0.4) is 0 Å². The van der Waals surface area contributed by atoms with Crippen molar-refractivity contribution in [3.8, 4) is 0 Å². The number of amides is 1. The lowest BCUT2D eigenvalue weighted by atomic mass is 9.79. The van der Waals surface area contributed by atoms with Crippen LogP contribution in [0, 0.1) is 11.8 Å². The summed E-state index contributed by atoms with van der Waals surface area (Å²) >= 11 is 0. The molecule has 2 nitrogen and oxygen atoms in total. The Hall–Kier alpha value is -0.530. The van der Waals surface area contributed by atoms with Crippen LogP contribution in [0.25, 0.3) is 0 Å². The van der Waals surface area contributed by atoms with Gasteiger partial charge in [-0.3, -0.25) is 4.79 Å². The molecule has 0 heterocycles. The Balaban J connectivity index is 1.56. The van der Waals surface area contributed by atoms with Gasteiger partial charge in [0.15, 0.2) is 0 Å². The normalized spacial score (nSPS) is 25.4. The molecule has 2 fully saturated rings. The van der Waals surface area contributed by atoms with Gasteiger partial charge < -0.3 is 4.90 Å². The van der Waals surface area contributed by atoms with Crippen LogP contribution in [0.5, 0.6) is 0 Å². The summed E-state index contributed by atoms with van der Waals surface area (Å²) in [4.78, 5) is 15.9. The Morgan fingerprint density at radius 1 is 0.559 bits per heavy atom. The topological polar surface area (TPSA) is 20.3 Å². The Labute approximate surface area is 214 Å². The Kier molecular flexibility index (Phi) is 16.3. The minimum Gasteiger partial charge on any atom is -0.336 e. The van der Waals surface area contributed by atoms with Gasteiger partial charge in [-0.15, -0.1) is 0 Å². The van der Waals surface area contributed by atoms with E-state index in [1.54, 1.807) is 0 Å². The maximum absolute atomic E-state index is 13.5. The van der Waals surface area contributed by atoms with E-state index < -0.39 is 0 Å². The molecule has 2 aliphatic rings. The van der Waals surface area contributed by atoms with Gasteiger partial charge in [0.05, 0.1) is 0 Å². The summed E-state index contributed by atoms with van der Waals surface area (Å²) in [6.07, 6.45) is 32.0.